The summed E-state index contributed by atoms with van der Waals surface area (Å²) >= 11 is 0. The van der Waals surface area contributed by atoms with Crippen LogP contribution in [0.4, 0.5) is 0 Å². The van der Waals surface area contributed by atoms with Gasteiger partial charge in [0.05, 0.1) is 18.8 Å². The van der Waals surface area contributed by atoms with E-state index in [0.29, 0.717) is 27.5 Å². The Balaban J connectivity index is 2.53. The summed E-state index contributed by atoms with van der Waals surface area (Å²) in [7, 11) is -0.0272. The van der Waals surface area contributed by atoms with Crippen LogP contribution in [0.1, 0.15) is 95.8 Å². The number of carbonyl (C=O) groups excluding carboxylic acids is 1. The van der Waals surface area contributed by atoms with Crippen molar-refractivity contribution in [3.05, 3.63) is 33.9 Å². The molecule has 6 nitrogen and oxygen atoms in total. The number of aliphatic hydroxyl groups is 1. The van der Waals surface area contributed by atoms with Crippen molar-refractivity contribution in [2.45, 2.75) is 119 Å². The second-order valence-corrected chi connectivity index (χ2v) is 18.8. The third-order valence-electron chi connectivity index (χ3n) is 9.36. The van der Waals surface area contributed by atoms with Crippen LogP contribution in [0.15, 0.2) is 11.6 Å². The van der Waals surface area contributed by atoms with Crippen LogP contribution in [0, 0.1) is 18.3 Å². The van der Waals surface area contributed by atoms with Gasteiger partial charge in [-0.15, -0.1) is 0 Å². The van der Waals surface area contributed by atoms with Gasteiger partial charge in [-0.2, -0.15) is 0 Å². The van der Waals surface area contributed by atoms with Gasteiger partial charge in [0.2, 0.25) is 0 Å². The average molecular weight is 565 g/mol. The van der Waals surface area contributed by atoms with Gasteiger partial charge in [0, 0.05) is 17.5 Å². The van der Waals surface area contributed by atoms with E-state index in [4.69, 9.17) is 18.3 Å². The Morgan fingerprint density at radius 3 is 2.21 bits per heavy atom. The van der Waals surface area contributed by atoms with Crippen LogP contribution in [0.2, 0.25) is 18.1 Å². The highest BCUT2D eigenvalue weighted by atomic mass is 28.4. The molecule has 0 saturated carbocycles. The lowest BCUT2D eigenvalue weighted by atomic mass is 9.69. The van der Waals surface area contributed by atoms with E-state index in [-0.39, 0.29) is 41.0 Å². The molecule has 2 rings (SSSR count). The number of esters is 1. The van der Waals surface area contributed by atoms with Gasteiger partial charge in [0.1, 0.15) is 34.2 Å². The Kier molecular flexibility index (Phi) is 9.84. The third-order valence-corrected chi connectivity index (χ3v) is 14.5. The van der Waals surface area contributed by atoms with E-state index in [1.807, 2.05) is 13.8 Å². The summed E-state index contributed by atoms with van der Waals surface area (Å²) in [5, 5.41) is 11.3. The number of methoxy groups -OCH3 is 1. The molecule has 1 aliphatic heterocycles. The summed E-state index contributed by atoms with van der Waals surface area (Å²) in [4.78, 5) is 12.9. The molecular weight excluding hydrogens is 512 g/mol. The molecule has 1 aliphatic rings. The average Bonchev–Trinajstić information content (AvgIpc) is 3.19. The summed E-state index contributed by atoms with van der Waals surface area (Å²) in [6.07, 6.45) is 2.43. The van der Waals surface area contributed by atoms with Gasteiger partial charge < -0.3 is 23.4 Å². The molecule has 0 aromatic heterocycles. The monoisotopic (exact) mass is 564 g/mol. The fraction of sp³-hybridized carbons (Fsp3) is 0.700. The second kappa shape index (κ2) is 11.5. The second-order valence-electron chi connectivity index (χ2n) is 13.6. The first-order valence-corrected chi connectivity index (χ1v) is 17.4. The number of hydrogen-bond acceptors (Lipinski definition) is 6. The number of allylic oxidation sites excluding steroid dienone is 1. The van der Waals surface area contributed by atoms with Crippen LogP contribution >= 0.6 is 0 Å². The highest BCUT2D eigenvalue weighted by Crippen LogP contribution is 2.47. The molecule has 216 valence electrons. The standard InChI is InChI=1S/C30H52O6Si2/c1-18(14-15-19(2)30(10,36-37)28(4,5)6)23(31)16-21-25(33-11)20(3)22-17-34-27(32)24(22)26(21)35-38(12,13)29(7,8)9/h14,19,23,31H,15-17H2,1-13,37H3/b18-14+. The summed E-state index contributed by atoms with van der Waals surface area (Å²) in [5.74, 6) is 1.06. The first-order valence-electron chi connectivity index (χ1n) is 13.7. The molecule has 1 aromatic carbocycles. The Hall–Kier alpha value is -1.62. The number of aliphatic hydroxyl groups excluding tert-OH is 1. The molecule has 0 amide bonds. The predicted molar refractivity (Wildman–Crippen MR) is 161 cm³/mol. The van der Waals surface area contributed by atoms with E-state index in [2.05, 4.69) is 74.6 Å². The summed E-state index contributed by atoms with van der Waals surface area (Å²) in [5.41, 5.74) is 3.49. The van der Waals surface area contributed by atoms with Gasteiger partial charge in [0.15, 0.2) is 0 Å². The van der Waals surface area contributed by atoms with Gasteiger partial charge >= 0.3 is 5.97 Å². The van der Waals surface area contributed by atoms with Crippen LogP contribution in [-0.4, -0.2) is 48.7 Å². The normalized spacial score (nSPS) is 18.1. The predicted octanol–water partition coefficient (Wildman–Crippen LogP) is 6.04. The largest absolute Gasteiger partial charge is 0.543 e. The lowest BCUT2D eigenvalue weighted by Gasteiger charge is -2.46. The van der Waals surface area contributed by atoms with Crippen molar-refractivity contribution in [2.75, 3.05) is 7.11 Å². The van der Waals surface area contributed by atoms with Crippen LogP contribution in [0.5, 0.6) is 11.5 Å². The van der Waals surface area contributed by atoms with Crippen molar-refractivity contribution < 1.29 is 28.2 Å². The summed E-state index contributed by atoms with van der Waals surface area (Å²) in [6.45, 7) is 26.0. The number of hydrogen-bond donors (Lipinski definition) is 1. The Morgan fingerprint density at radius 2 is 1.74 bits per heavy atom. The molecule has 1 heterocycles. The van der Waals surface area contributed by atoms with Gasteiger partial charge in [-0.05, 0) is 67.8 Å². The minimum absolute atomic E-state index is 0.00552. The number of benzene rings is 1. The van der Waals surface area contributed by atoms with Crippen molar-refractivity contribution in [1.29, 1.82) is 0 Å². The number of ether oxygens (including phenoxy) is 2. The summed E-state index contributed by atoms with van der Waals surface area (Å²) in [6, 6.07) is 0. The molecule has 0 spiro atoms. The molecule has 38 heavy (non-hydrogen) atoms. The minimum Gasteiger partial charge on any atom is -0.543 e. The van der Waals surface area contributed by atoms with Crippen LogP contribution in [0.3, 0.4) is 0 Å². The Bertz CT molecular complexity index is 1060. The molecule has 8 heteroatoms. The van der Waals surface area contributed by atoms with E-state index >= 15 is 0 Å². The highest BCUT2D eigenvalue weighted by molar-refractivity contribution is 6.74. The van der Waals surface area contributed by atoms with Crippen LogP contribution in [0.25, 0.3) is 0 Å². The van der Waals surface area contributed by atoms with Crippen molar-refractivity contribution in [2.24, 2.45) is 11.3 Å². The Morgan fingerprint density at radius 1 is 1.16 bits per heavy atom. The molecule has 0 radical (unpaired) electrons. The summed E-state index contributed by atoms with van der Waals surface area (Å²) < 4.78 is 24.2. The first kappa shape index (κ1) is 32.6. The molecule has 1 N–H and O–H groups in total. The van der Waals surface area contributed by atoms with Gasteiger partial charge in [0.25, 0.3) is 8.32 Å². The number of carbonyl (C=O) groups is 1. The highest BCUT2D eigenvalue weighted by Gasteiger charge is 2.43. The van der Waals surface area contributed by atoms with E-state index in [0.717, 1.165) is 28.7 Å². The van der Waals surface area contributed by atoms with Gasteiger partial charge in [-0.25, -0.2) is 4.79 Å². The van der Waals surface area contributed by atoms with Crippen LogP contribution in [-0.2, 0) is 22.2 Å². The zero-order valence-electron chi connectivity index (χ0n) is 26.3. The third kappa shape index (κ3) is 6.24. The topological polar surface area (TPSA) is 74.2 Å². The fourth-order valence-corrected chi connectivity index (χ4v) is 6.91. The number of fused-ring (bicyclic) bond motifs is 1. The fourth-order valence-electron chi connectivity index (χ4n) is 4.86. The minimum atomic E-state index is -2.32. The Labute approximate surface area is 235 Å². The van der Waals surface area contributed by atoms with E-state index in [1.165, 1.54) is 0 Å². The first-order chi connectivity index (χ1) is 17.2. The maximum absolute atomic E-state index is 12.9. The van der Waals surface area contributed by atoms with Gasteiger partial charge in [-0.3, -0.25) is 0 Å². The van der Waals surface area contributed by atoms with E-state index in [1.54, 1.807) is 7.11 Å². The van der Waals surface area contributed by atoms with Crippen molar-refractivity contribution in [3.8, 4) is 11.5 Å². The molecule has 3 atom stereocenters. The molecule has 0 bridgehead atoms. The van der Waals surface area contributed by atoms with E-state index in [9.17, 15) is 9.90 Å². The smallest absolute Gasteiger partial charge is 0.342 e. The molecule has 0 fully saturated rings. The molecule has 0 saturated heterocycles. The quantitative estimate of drug-likeness (QED) is 0.212. The zero-order chi connectivity index (χ0) is 29.4. The van der Waals surface area contributed by atoms with Gasteiger partial charge in [-0.1, -0.05) is 54.5 Å². The van der Waals surface area contributed by atoms with E-state index < -0.39 is 14.4 Å². The lowest BCUT2D eigenvalue weighted by molar-refractivity contribution is -0.0546. The van der Waals surface area contributed by atoms with Crippen molar-refractivity contribution in [3.63, 3.8) is 0 Å². The number of rotatable bonds is 10. The molecule has 0 aliphatic carbocycles. The maximum atomic E-state index is 12.9. The maximum Gasteiger partial charge on any atom is 0.342 e. The SMILES string of the molecule is COc1c(C)c2c(c(O[Si](C)(C)C(C)(C)C)c1CC(O)/C(C)=C/CC(C)C(C)(O[SiH3])C(C)(C)C)C(=O)OC2. The molecule has 3 unspecified atom stereocenters. The zero-order valence-corrected chi connectivity index (χ0v) is 29.3. The molecular formula is C30H52O6Si2. The number of cyclic esters (lactones) is 1. The molecule has 1 aromatic rings. The lowest BCUT2D eigenvalue weighted by Crippen LogP contribution is -2.47. The van der Waals surface area contributed by atoms with Crippen molar-refractivity contribution >= 4 is 24.8 Å². The van der Waals surface area contributed by atoms with Crippen molar-refractivity contribution in [1.82, 2.24) is 0 Å². The van der Waals surface area contributed by atoms with Crippen LogP contribution < -0.4 is 9.16 Å².